The third kappa shape index (κ3) is 3.23. The zero-order chi connectivity index (χ0) is 13.8. The van der Waals surface area contributed by atoms with Crippen molar-refractivity contribution in [1.29, 1.82) is 0 Å². The molecule has 19 heavy (non-hydrogen) atoms. The Kier molecular flexibility index (Phi) is 4.72. The Morgan fingerprint density at radius 2 is 1.84 bits per heavy atom. The van der Waals surface area contributed by atoms with Gasteiger partial charge in [-0.25, -0.2) is 0 Å². The third-order valence-electron chi connectivity index (χ3n) is 3.01. The normalized spacial score (nSPS) is 10.3. The molecule has 2 aromatic rings. The first kappa shape index (κ1) is 14.2. The Bertz CT molecular complexity index is 557. The first-order valence-electron chi connectivity index (χ1n) is 5.88. The first-order valence-corrected chi connectivity index (χ1v) is 7.20. The Hall–Kier alpha value is -1.19. The minimum Gasteiger partial charge on any atom is -0.497 e. The number of benzene rings is 2. The molecule has 0 bridgehead atoms. The van der Waals surface area contributed by atoms with Crippen molar-refractivity contribution in [3.05, 3.63) is 52.5 Å². The number of halogens is 2. The van der Waals surface area contributed by atoms with Crippen LogP contribution in [0.1, 0.15) is 5.56 Å². The highest BCUT2D eigenvalue weighted by Crippen LogP contribution is 2.31. The molecule has 0 aliphatic heterocycles. The van der Waals surface area contributed by atoms with Gasteiger partial charge in [-0.05, 0) is 48.0 Å². The summed E-state index contributed by atoms with van der Waals surface area (Å²) in [6.45, 7) is 0. The van der Waals surface area contributed by atoms with Crippen LogP contribution < -0.4 is 9.64 Å². The number of methoxy groups -OCH3 is 1. The lowest BCUT2D eigenvalue weighted by molar-refractivity contribution is 0.415. The van der Waals surface area contributed by atoms with E-state index in [-0.39, 0.29) is 0 Å². The quantitative estimate of drug-likeness (QED) is 0.729. The summed E-state index contributed by atoms with van der Waals surface area (Å²) in [6, 6.07) is 14.1. The van der Waals surface area contributed by atoms with Gasteiger partial charge in [0.1, 0.15) is 5.75 Å². The Morgan fingerprint density at radius 1 is 1.16 bits per heavy atom. The fourth-order valence-corrected chi connectivity index (χ4v) is 2.56. The van der Waals surface area contributed by atoms with Gasteiger partial charge in [0.15, 0.2) is 0 Å². The van der Waals surface area contributed by atoms with Crippen molar-refractivity contribution >= 4 is 38.9 Å². The van der Waals surface area contributed by atoms with Gasteiger partial charge in [0.2, 0.25) is 0 Å². The topological polar surface area (TPSA) is 12.5 Å². The second-order valence-corrected chi connectivity index (χ2v) is 5.35. The van der Waals surface area contributed by atoms with Gasteiger partial charge < -0.3 is 9.64 Å². The fraction of sp³-hybridized carbons (Fsp3) is 0.200. The molecule has 0 saturated heterocycles. The molecular formula is C15H15BrClNO. The van der Waals surface area contributed by atoms with Crippen LogP contribution in [0.3, 0.4) is 0 Å². The largest absolute Gasteiger partial charge is 0.497 e. The zero-order valence-corrected chi connectivity index (χ0v) is 13.2. The summed E-state index contributed by atoms with van der Waals surface area (Å²) in [6.07, 6.45) is 0. The number of hydrogen-bond donors (Lipinski definition) is 0. The molecule has 0 spiro atoms. The van der Waals surface area contributed by atoms with E-state index in [2.05, 4.69) is 26.9 Å². The van der Waals surface area contributed by atoms with Gasteiger partial charge in [-0.2, -0.15) is 0 Å². The molecule has 0 unspecified atom stereocenters. The molecule has 0 heterocycles. The molecule has 0 aromatic heterocycles. The molecule has 0 radical (unpaired) electrons. The van der Waals surface area contributed by atoms with Crippen molar-refractivity contribution < 1.29 is 4.74 Å². The second kappa shape index (κ2) is 6.31. The number of hydrogen-bond acceptors (Lipinski definition) is 2. The molecule has 2 aromatic carbocycles. The average molecular weight is 341 g/mol. The number of nitrogens with zero attached hydrogens (tertiary/aromatic N) is 1. The van der Waals surface area contributed by atoms with Gasteiger partial charge in [0.05, 0.1) is 7.11 Å². The van der Waals surface area contributed by atoms with Gasteiger partial charge in [-0.1, -0.05) is 15.9 Å². The van der Waals surface area contributed by atoms with E-state index in [1.807, 2.05) is 43.4 Å². The molecule has 0 N–H and O–H groups in total. The van der Waals surface area contributed by atoms with Crippen molar-refractivity contribution in [2.24, 2.45) is 0 Å². The van der Waals surface area contributed by atoms with Gasteiger partial charge in [-0.15, -0.1) is 11.6 Å². The highest BCUT2D eigenvalue weighted by Gasteiger charge is 2.09. The second-order valence-electron chi connectivity index (χ2n) is 4.16. The molecule has 4 heteroatoms. The van der Waals surface area contributed by atoms with E-state index in [4.69, 9.17) is 16.3 Å². The average Bonchev–Trinajstić information content (AvgIpc) is 2.46. The van der Waals surface area contributed by atoms with E-state index >= 15 is 0 Å². The summed E-state index contributed by atoms with van der Waals surface area (Å²) in [5, 5.41) is 0. The van der Waals surface area contributed by atoms with Crippen LogP contribution in [-0.2, 0) is 5.88 Å². The molecule has 0 fully saturated rings. The molecule has 2 nitrogen and oxygen atoms in total. The van der Waals surface area contributed by atoms with Crippen LogP contribution in [0, 0.1) is 0 Å². The van der Waals surface area contributed by atoms with E-state index in [0.29, 0.717) is 5.88 Å². The van der Waals surface area contributed by atoms with Crippen molar-refractivity contribution in [2.75, 3.05) is 19.1 Å². The van der Waals surface area contributed by atoms with Crippen molar-refractivity contribution in [3.8, 4) is 5.75 Å². The van der Waals surface area contributed by atoms with Gasteiger partial charge in [0.25, 0.3) is 0 Å². The van der Waals surface area contributed by atoms with Crippen LogP contribution in [-0.4, -0.2) is 14.2 Å². The van der Waals surface area contributed by atoms with E-state index < -0.39 is 0 Å². The van der Waals surface area contributed by atoms with Crippen LogP contribution >= 0.6 is 27.5 Å². The molecule has 0 atom stereocenters. The summed E-state index contributed by atoms with van der Waals surface area (Å²) in [5.41, 5.74) is 3.28. The molecule has 0 aliphatic carbocycles. The highest BCUT2D eigenvalue weighted by atomic mass is 79.9. The lowest BCUT2D eigenvalue weighted by Crippen LogP contribution is -2.11. The van der Waals surface area contributed by atoms with Crippen LogP contribution in [0.2, 0.25) is 0 Å². The molecule has 2 rings (SSSR count). The number of anilines is 2. The Labute approximate surface area is 127 Å². The maximum absolute atomic E-state index is 6.02. The lowest BCUT2D eigenvalue weighted by atomic mass is 10.1. The third-order valence-corrected chi connectivity index (χ3v) is 3.79. The van der Waals surface area contributed by atoms with Crippen molar-refractivity contribution in [2.45, 2.75) is 5.88 Å². The standard InChI is InChI=1S/C15H15BrClNO/c1-18(13-4-6-14(19-2)7-5-13)15-8-3-12(16)9-11(15)10-17/h3-9H,10H2,1-2H3. The van der Waals surface area contributed by atoms with Crippen LogP contribution in [0.15, 0.2) is 46.9 Å². The minimum absolute atomic E-state index is 0.481. The first-order chi connectivity index (χ1) is 9.15. The summed E-state index contributed by atoms with van der Waals surface area (Å²) >= 11 is 9.48. The SMILES string of the molecule is COc1ccc(N(C)c2ccc(Br)cc2CCl)cc1. The van der Waals surface area contributed by atoms with Crippen molar-refractivity contribution in [3.63, 3.8) is 0 Å². The Morgan fingerprint density at radius 3 is 2.42 bits per heavy atom. The van der Waals surface area contributed by atoms with Gasteiger partial charge >= 0.3 is 0 Å². The molecular weight excluding hydrogens is 326 g/mol. The predicted molar refractivity (Wildman–Crippen MR) is 84.8 cm³/mol. The molecule has 0 amide bonds. The Balaban J connectivity index is 2.34. The summed E-state index contributed by atoms with van der Waals surface area (Å²) < 4.78 is 6.21. The van der Waals surface area contributed by atoms with E-state index in [9.17, 15) is 0 Å². The summed E-state index contributed by atoms with van der Waals surface area (Å²) in [4.78, 5) is 2.11. The van der Waals surface area contributed by atoms with Crippen molar-refractivity contribution in [1.82, 2.24) is 0 Å². The van der Waals surface area contributed by atoms with Gasteiger partial charge in [-0.3, -0.25) is 0 Å². The molecule has 0 saturated carbocycles. The van der Waals surface area contributed by atoms with Crippen LogP contribution in [0.5, 0.6) is 5.75 Å². The van der Waals surface area contributed by atoms with E-state index in [1.165, 1.54) is 0 Å². The predicted octanol–water partition coefficient (Wildman–Crippen LogP) is 4.96. The van der Waals surface area contributed by atoms with Crippen LogP contribution in [0.25, 0.3) is 0 Å². The van der Waals surface area contributed by atoms with Gasteiger partial charge in [0, 0.05) is 28.8 Å². The number of rotatable bonds is 4. The minimum atomic E-state index is 0.481. The number of alkyl halides is 1. The summed E-state index contributed by atoms with van der Waals surface area (Å²) in [5.74, 6) is 1.33. The van der Waals surface area contributed by atoms with E-state index in [1.54, 1.807) is 7.11 Å². The van der Waals surface area contributed by atoms with E-state index in [0.717, 1.165) is 27.2 Å². The molecule has 100 valence electrons. The smallest absolute Gasteiger partial charge is 0.119 e. The maximum Gasteiger partial charge on any atom is 0.119 e. The number of ether oxygens (including phenoxy) is 1. The van der Waals surface area contributed by atoms with Crippen LogP contribution in [0.4, 0.5) is 11.4 Å². The zero-order valence-electron chi connectivity index (χ0n) is 10.9. The fourth-order valence-electron chi connectivity index (χ4n) is 1.93. The monoisotopic (exact) mass is 339 g/mol. The summed E-state index contributed by atoms with van der Waals surface area (Å²) in [7, 11) is 3.69. The highest BCUT2D eigenvalue weighted by molar-refractivity contribution is 9.10. The lowest BCUT2D eigenvalue weighted by Gasteiger charge is -2.22. The maximum atomic E-state index is 6.02. The molecule has 0 aliphatic rings.